The number of hydrogen-bond donors (Lipinski definition) is 1. The van der Waals surface area contributed by atoms with Gasteiger partial charge in [0.15, 0.2) is 0 Å². The fraction of sp³-hybridized carbons (Fsp3) is 0.105. The predicted molar refractivity (Wildman–Crippen MR) is 98.6 cm³/mol. The monoisotopic (exact) mass is 350 g/mol. The van der Waals surface area contributed by atoms with Gasteiger partial charge in [0, 0.05) is 17.1 Å². The lowest BCUT2D eigenvalue weighted by molar-refractivity contribution is 0.451. The van der Waals surface area contributed by atoms with Crippen LogP contribution in [-0.2, 0) is 6.54 Å². The number of rotatable bonds is 4. The van der Waals surface area contributed by atoms with E-state index in [0.29, 0.717) is 28.8 Å². The Morgan fingerprint density at radius 3 is 2.72 bits per heavy atom. The number of fused-ring (bicyclic) bond motifs is 1. The van der Waals surface area contributed by atoms with E-state index in [1.54, 1.807) is 0 Å². The van der Waals surface area contributed by atoms with Gasteiger partial charge in [-0.25, -0.2) is 4.98 Å². The summed E-state index contributed by atoms with van der Waals surface area (Å²) in [5.41, 5.74) is 4.37. The Balaban J connectivity index is 1.71. The van der Waals surface area contributed by atoms with Crippen molar-refractivity contribution in [2.75, 3.05) is 5.32 Å². The molecule has 4 aromatic rings. The van der Waals surface area contributed by atoms with Crippen LogP contribution in [-0.4, -0.2) is 15.1 Å². The minimum atomic E-state index is 0.441. The quantitative estimate of drug-likeness (QED) is 0.569. The number of aromatic nitrogens is 3. The molecule has 0 saturated carbocycles. The molecule has 2 aromatic heterocycles. The predicted octanol–water partition coefficient (Wildman–Crippen LogP) is 4.86. The van der Waals surface area contributed by atoms with Gasteiger partial charge >= 0.3 is 0 Å². The van der Waals surface area contributed by atoms with Crippen molar-refractivity contribution in [3.8, 4) is 11.3 Å². The molecule has 0 saturated heterocycles. The molecule has 0 aliphatic carbocycles. The summed E-state index contributed by atoms with van der Waals surface area (Å²) in [4.78, 5) is 8.53. The molecule has 2 aromatic carbocycles. The van der Waals surface area contributed by atoms with Gasteiger partial charge in [0.2, 0.25) is 0 Å². The molecule has 2 heterocycles. The highest BCUT2D eigenvalue weighted by molar-refractivity contribution is 6.30. The zero-order chi connectivity index (χ0) is 17.2. The lowest BCUT2D eigenvalue weighted by Crippen LogP contribution is -2.02. The van der Waals surface area contributed by atoms with Crippen LogP contribution in [0.4, 0.5) is 5.82 Å². The molecule has 0 fully saturated rings. The number of nitrogens with zero attached hydrogens (tertiary/aromatic N) is 3. The molecule has 0 atom stereocenters. The van der Waals surface area contributed by atoms with E-state index in [9.17, 15) is 0 Å². The van der Waals surface area contributed by atoms with Crippen LogP contribution in [0.1, 0.15) is 11.1 Å². The van der Waals surface area contributed by atoms with Gasteiger partial charge in [-0.05, 0) is 24.6 Å². The first kappa shape index (κ1) is 15.6. The normalized spacial score (nSPS) is 11.0. The van der Waals surface area contributed by atoms with E-state index < -0.39 is 0 Å². The SMILES string of the molecule is Cc1ccc(CNc2ncnc3onc(-c4cccc(Cl)c4)c23)cc1. The van der Waals surface area contributed by atoms with Gasteiger partial charge in [0.25, 0.3) is 5.71 Å². The fourth-order valence-electron chi connectivity index (χ4n) is 2.65. The van der Waals surface area contributed by atoms with Crippen LogP contribution < -0.4 is 5.32 Å². The van der Waals surface area contributed by atoms with Crippen molar-refractivity contribution in [1.82, 2.24) is 15.1 Å². The number of hydrogen-bond acceptors (Lipinski definition) is 5. The molecular formula is C19H15ClN4O. The topological polar surface area (TPSA) is 63.8 Å². The number of benzene rings is 2. The van der Waals surface area contributed by atoms with E-state index in [4.69, 9.17) is 16.1 Å². The second-order valence-corrected chi connectivity index (χ2v) is 6.22. The number of aryl methyl sites for hydroxylation is 1. The zero-order valence-corrected chi connectivity index (χ0v) is 14.3. The van der Waals surface area contributed by atoms with Gasteiger partial charge in [0.05, 0.1) is 0 Å². The lowest BCUT2D eigenvalue weighted by Gasteiger charge is -2.07. The lowest BCUT2D eigenvalue weighted by atomic mass is 10.1. The van der Waals surface area contributed by atoms with E-state index in [0.717, 1.165) is 16.5 Å². The summed E-state index contributed by atoms with van der Waals surface area (Å²) < 4.78 is 5.37. The van der Waals surface area contributed by atoms with Crippen LogP contribution in [0.25, 0.3) is 22.4 Å². The summed E-state index contributed by atoms with van der Waals surface area (Å²) in [6.07, 6.45) is 1.47. The molecule has 0 unspecified atom stereocenters. The summed E-state index contributed by atoms with van der Waals surface area (Å²) in [6.45, 7) is 2.71. The molecule has 1 N–H and O–H groups in total. The summed E-state index contributed by atoms with van der Waals surface area (Å²) in [5.74, 6) is 0.682. The minimum Gasteiger partial charge on any atom is -0.365 e. The van der Waals surface area contributed by atoms with E-state index in [2.05, 4.69) is 51.6 Å². The number of halogens is 1. The van der Waals surface area contributed by atoms with Crippen molar-refractivity contribution in [1.29, 1.82) is 0 Å². The number of nitrogens with one attached hydrogen (secondary N) is 1. The Hall–Kier alpha value is -2.92. The third-order valence-corrected chi connectivity index (χ3v) is 4.19. The Labute approximate surface area is 149 Å². The smallest absolute Gasteiger partial charge is 0.263 e. The van der Waals surface area contributed by atoms with E-state index in [1.807, 2.05) is 24.3 Å². The second kappa shape index (κ2) is 6.53. The molecule has 0 amide bonds. The van der Waals surface area contributed by atoms with E-state index >= 15 is 0 Å². The van der Waals surface area contributed by atoms with Crippen molar-refractivity contribution in [3.63, 3.8) is 0 Å². The molecule has 5 nitrogen and oxygen atoms in total. The first-order chi connectivity index (χ1) is 12.2. The summed E-state index contributed by atoms with van der Waals surface area (Å²) in [7, 11) is 0. The Bertz CT molecular complexity index is 1030. The second-order valence-electron chi connectivity index (χ2n) is 5.78. The van der Waals surface area contributed by atoms with Crippen molar-refractivity contribution in [2.45, 2.75) is 13.5 Å². The third kappa shape index (κ3) is 3.19. The van der Waals surface area contributed by atoms with Crippen molar-refractivity contribution in [2.24, 2.45) is 0 Å². The van der Waals surface area contributed by atoms with Gasteiger partial charge < -0.3 is 9.84 Å². The largest absolute Gasteiger partial charge is 0.365 e. The molecule has 0 bridgehead atoms. The molecule has 4 rings (SSSR count). The molecular weight excluding hydrogens is 336 g/mol. The van der Waals surface area contributed by atoms with Gasteiger partial charge in [-0.2, -0.15) is 4.98 Å². The molecule has 0 spiro atoms. The van der Waals surface area contributed by atoms with Crippen molar-refractivity contribution in [3.05, 3.63) is 71.0 Å². The summed E-state index contributed by atoms with van der Waals surface area (Å²) in [5, 5.41) is 8.89. The average Bonchev–Trinajstić information content (AvgIpc) is 3.06. The Morgan fingerprint density at radius 2 is 1.92 bits per heavy atom. The maximum Gasteiger partial charge on any atom is 0.263 e. The fourth-order valence-corrected chi connectivity index (χ4v) is 2.84. The highest BCUT2D eigenvalue weighted by Gasteiger charge is 2.16. The zero-order valence-electron chi connectivity index (χ0n) is 13.5. The molecule has 0 radical (unpaired) electrons. The summed E-state index contributed by atoms with van der Waals surface area (Å²) in [6, 6.07) is 15.8. The molecule has 0 aliphatic heterocycles. The van der Waals surface area contributed by atoms with Gasteiger partial charge in [-0.15, -0.1) is 0 Å². The average molecular weight is 351 g/mol. The molecule has 25 heavy (non-hydrogen) atoms. The molecule has 0 aliphatic rings. The maximum absolute atomic E-state index is 6.10. The van der Waals surface area contributed by atoms with Crippen molar-refractivity contribution < 1.29 is 4.52 Å². The van der Waals surface area contributed by atoms with E-state index in [-0.39, 0.29) is 0 Å². The molecule has 6 heteroatoms. The first-order valence-corrected chi connectivity index (χ1v) is 8.24. The van der Waals surface area contributed by atoms with Crippen LogP contribution in [0, 0.1) is 6.92 Å². The van der Waals surface area contributed by atoms with Crippen LogP contribution >= 0.6 is 11.6 Å². The van der Waals surface area contributed by atoms with Gasteiger partial charge in [-0.1, -0.05) is 58.7 Å². The molecule has 124 valence electrons. The van der Waals surface area contributed by atoms with E-state index in [1.165, 1.54) is 11.9 Å². The van der Waals surface area contributed by atoms with Crippen LogP contribution in [0.15, 0.2) is 59.4 Å². The third-order valence-electron chi connectivity index (χ3n) is 3.95. The Morgan fingerprint density at radius 1 is 1.08 bits per heavy atom. The standard InChI is InChI=1S/C19H15ClN4O/c1-12-5-7-13(8-6-12)10-21-18-16-17(14-3-2-4-15(20)9-14)24-25-19(16)23-11-22-18/h2-9,11H,10H2,1H3,(H,21,22,23). The van der Waals surface area contributed by atoms with Gasteiger partial charge in [-0.3, -0.25) is 0 Å². The van der Waals surface area contributed by atoms with Crippen LogP contribution in [0.2, 0.25) is 5.02 Å². The van der Waals surface area contributed by atoms with Gasteiger partial charge in [0.1, 0.15) is 23.2 Å². The maximum atomic E-state index is 6.10. The highest BCUT2D eigenvalue weighted by Crippen LogP contribution is 2.32. The number of anilines is 1. The van der Waals surface area contributed by atoms with Crippen molar-refractivity contribution >= 4 is 28.5 Å². The first-order valence-electron chi connectivity index (χ1n) is 7.86. The highest BCUT2D eigenvalue weighted by atomic mass is 35.5. The minimum absolute atomic E-state index is 0.441. The summed E-state index contributed by atoms with van der Waals surface area (Å²) >= 11 is 6.10. The Kier molecular flexibility index (Phi) is 4.07. The van der Waals surface area contributed by atoms with Crippen LogP contribution in [0.3, 0.4) is 0 Å². The van der Waals surface area contributed by atoms with Crippen LogP contribution in [0.5, 0.6) is 0 Å².